The van der Waals surface area contributed by atoms with E-state index in [0.717, 1.165) is 0 Å². The van der Waals surface area contributed by atoms with Crippen LogP contribution < -0.4 is 10.6 Å². The molecule has 0 aliphatic heterocycles. The molecule has 0 rings (SSSR count). The first-order valence-corrected chi connectivity index (χ1v) is 3.11. The molecule has 10 heavy (non-hydrogen) atoms. The Morgan fingerprint density at radius 2 is 2.30 bits per heavy atom. The van der Waals surface area contributed by atoms with Gasteiger partial charge in [-0.25, -0.2) is 0 Å². The quantitative estimate of drug-likeness (QED) is 0.493. The second kappa shape index (κ2) is 4.93. The fourth-order valence-corrected chi connectivity index (χ4v) is 0.426. The Labute approximate surface area is 60.0 Å². The molecule has 0 saturated carbocycles. The monoisotopic (exact) mass is 144 g/mol. The molecule has 0 fully saturated rings. The fraction of sp³-hybridized carbons (Fsp3) is 0.667. The molecule has 0 saturated heterocycles. The summed E-state index contributed by atoms with van der Waals surface area (Å²) in [6, 6.07) is -0.236. The summed E-state index contributed by atoms with van der Waals surface area (Å²) >= 11 is 0. The number of carbonyl (C=O) groups excluding carboxylic acids is 2. The van der Waals surface area contributed by atoms with E-state index in [-0.39, 0.29) is 18.5 Å². The molecule has 0 bridgehead atoms. The molecule has 1 unspecified atom stereocenters. The van der Waals surface area contributed by atoms with Gasteiger partial charge in [-0.1, -0.05) is 0 Å². The second-order valence-electron chi connectivity index (χ2n) is 1.92. The van der Waals surface area contributed by atoms with Crippen molar-refractivity contribution < 1.29 is 9.59 Å². The highest BCUT2D eigenvalue weighted by molar-refractivity contribution is 5.82. The molecule has 0 radical (unpaired) electrons. The van der Waals surface area contributed by atoms with Gasteiger partial charge in [0.15, 0.2) is 0 Å². The van der Waals surface area contributed by atoms with Crippen LogP contribution in [0.1, 0.15) is 6.92 Å². The average Bonchev–Trinajstić information content (AvgIpc) is 1.98. The molecular weight excluding hydrogens is 132 g/mol. The van der Waals surface area contributed by atoms with Crippen LogP contribution in [0.25, 0.3) is 0 Å². The summed E-state index contributed by atoms with van der Waals surface area (Å²) in [6.45, 7) is 1.81. The minimum Gasteiger partial charge on any atom is -0.348 e. The summed E-state index contributed by atoms with van der Waals surface area (Å²) in [4.78, 5) is 20.6. The zero-order valence-corrected chi connectivity index (χ0v) is 6.18. The van der Waals surface area contributed by atoms with Gasteiger partial charge in [0.2, 0.25) is 5.91 Å². The maximum absolute atomic E-state index is 10.8. The summed E-state index contributed by atoms with van der Waals surface area (Å²) in [6.07, 6.45) is 0.653. The number of amides is 1. The number of nitrogens with one attached hydrogen (secondary N) is 2. The van der Waals surface area contributed by atoms with E-state index in [4.69, 9.17) is 0 Å². The molecule has 1 atom stereocenters. The third kappa shape index (κ3) is 3.19. The van der Waals surface area contributed by atoms with Gasteiger partial charge in [0, 0.05) is 0 Å². The lowest BCUT2D eigenvalue weighted by Crippen LogP contribution is -2.40. The Morgan fingerprint density at radius 3 is 2.70 bits per heavy atom. The highest BCUT2D eigenvalue weighted by atomic mass is 16.2. The highest BCUT2D eigenvalue weighted by Crippen LogP contribution is 1.76. The number of carbonyl (C=O) groups is 2. The van der Waals surface area contributed by atoms with Crippen molar-refractivity contribution in [1.82, 2.24) is 10.6 Å². The van der Waals surface area contributed by atoms with Gasteiger partial charge < -0.3 is 15.4 Å². The lowest BCUT2D eigenvalue weighted by molar-refractivity contribution is -0.123. The summed E-state index contributed by atoms with van der Waals surface area (Å²) < 4.78 is 0. The predicted molar refractivity (Wildman–Crippen MR) is 37.6 cm³/mol. The molecule has 0 heterocycles. The van der Waals surface area contributed by atoms with Gasteiger partial charge in [0.25, 0.3) is 0 Å². The molecule has 0 aliphatic rings. The number of rotatable bonds is 4. The second-order valence-corrected chi connectivity index (χ2v) is 1.92. The van der Waals surface area contributed by atoms with Crippen molar-refractivity contribution in [3.05, 3.63) is 0 Å². The van der Waals surface area contributed by atoms with E-state index >= 15 is 0 Å². The Morgan fingerprint density at radius 1 is 1.70 bits per heavy atom. The summed E-state index contributed by atoms with van der Waals surface area (Å²) in [5, 5.41) is 5.16. The summed E-state index contributed by atoms with van der Waals surface area (Å²) in [5.74, 6) is -0.158. The number of likely N-dealkylation sites (N-methyl/N-ethyl adjacent to an activating group) is 1. The van der Waals surface area contributed by atoms with Gasteiger partial charge in [-0.05, 0) is 14.0 Å². The zero-order chi connectivity index (χ0) is 7.98. The van der Waals surface area contributed by atoms with Gasteiger partial charge in [-0.15, -0.1) is 0 Å². The predicted octanol–water partition coefficient (Wildman–Crippen LogP) is -1.09. The molecule has 1 amide bonds. The van der Waals surface area contributed by atoms with E-state index in [1.165, 1.54) is 0 Å². The van der Waals surface area contributed by atoms with Crippen molar-refractivity contribution in [2.75, 3.05) is 13.6 Å². The van der Waals surface area contributed by atoms with E-state index < -0.39 is 0 Å². The standard InChI is InChI=1S/C6H12N2O2/c1-5(7-2)6(10)8-3-4-9/h4-5,7H,3H2,1-2H3,(H,8,10). The van der Waals surface area contributed by atoms with Crippen LogP contribution in [0.2, 0.25) is 0 Å². The van der Waals surface area contributed by atoms with Crippen LogP contribution in [0.5, 0.6) is 0 Å². The molecule has 4 heteroatoms. The van der Waals surface area contributed by atoms with Gasteiger partial charge >= 0.3 is 0 Å². The third-order valence-electron chi connectivity index (χ3n) is 1.19. The van der Waals surface area contributed by atoms with Crippen LogP contribution >= 0.6 is 0 Å². The van der Waals surface area contributed by atoms with Crippen molar-refractivity contribution in [1.29, 1.82) is 0 Å². The zero-order valence-electron chi connectivity index (χ0n) is 6.18. The first-order valence-electron chi connectivity index (χ1n) is 3.11. The first-order chi connectivity index (χ1) is 4.72. The largest absolute Gasteiger partial charge is 0.348 e. The van der Waals surface area contributed by atoms with Gasteiger partial charge in [-0.2, -0.15) is 0 Å². The molecule has 0 aromatic heterocycles. The lowest BCUT2D eigenvalue weighted by atomic mass is 10.3. The number of hydrogen-bond acceptors (Lipinski definition) is 3. The van der Waals surface area contributed by atoms with E-state index in [9.17, 15) is 9.59 Å². The first kappa shape index (κ1) is 9.10. The van der Waals surface area contributed by atoms with E-state index in [1.54, 1.807) is 14.0 Å². The third-order valence-corrected chi connectivity index (χ3v) is 1.19. The molecule has 4 nitrogen and oxygen atoms in total. The molecule has 0 spiro atoms. The number of hydrogen-bond donors (Lipinski definition) is 2. The van der Waals surface area contributed by atoms with E-state index in [2.05, 4.69) is 10.6 Å². The molecule has 2 N–H and O–H groups in total. The lowest BCUT2D eigenvalue weighted by Gasteiger charge is -2.07. The average molecular weight is 144 g/mol. The Bertz CT molecular complexity index is 125. The van der Waals surface area contributed by atoms with Crippen molar-refractivity contribution in [3.8, 4) is 0 Å². The summed E-state index contributed by atoms with van der Waals surface area (Å²) in [7, 11) is 1.69. The van der Waals surface area contributed by atoms with E-state index in [1.807, 2.05) is 0 Å². The van der Waals surface area contributed by atoms with Crippen molar-refractivity contribution in [3.63, 3.8) is 0 Å². The van der Waals surface area contributed by atoms with Crippen LogP contribution in [0, 0.1) is 0 Å². The van der Waals surface area contributed by atoms with Gasteiger partial charge in [0.1, 0.15) is 6.29 Å². The summed E-state index contributed by atoms with van der Waals surface area (Å²) in [5.41, 5.74) is 0. The van der Waals surface area contributed by atoms with Gasteiger partial charge in [-0.3, -0.25) is 4.79 Å². The topological polar surface area (TPSA) is 58.2 Å². The smallest absolute Gasteiger partial charge is 0.237 e. The highest BCUT2D eigenvalue weighted by Gasteiger charge is 2.07. The Balaban J connectivity index is 3.51. The van der Waals surface area contributed by atoms with Crippen LogP contribution in [0.4, 0.5) is 0 Å². The van der Waals surface area contributed by atoms with E-state index in [0.29, 0.717) is 6.29 Å². The van der Waals surface area contributed by atoms with Crippen molar-refractivity contribution in [2.24, 2.45) is 0 Å². The van der Waals surface area contributed by atoms with Crippen molar-refractivity contribution in [2.45, 2.75) is 13.0 Å². The van der Waals surface area contributed by atoms with Crippen LogP contribution in [0.15, 0.2) is 0 Å². The Kier molecular flexibility index (Phi) is 4.49. The molecular formula is C6H12N2O2. The van der Waals surface area contributed by atoms with Crippen LogP contribution in [0.3, 0.4) is 0 Å². The minimum atomic E-state index is -0.236. The maximum Gasteiger partial charge on any atom is 0.237 e. The number of aldehydes is 1. The minimum absolute atomic E-state index is 0.0881. The van der Waals surface area contributed by atoms with Crippen LogP contribution in [-0.2, 0) is 9.59 Å². The fourth-order valence-electron chi connectivity index (χ4n) is 0.426. The SMILES string of the molecule is CNC(C)C(=O)NCC=O. The maximum atomic E-state index is 10.8. The van der Waals surface area contributed by atoms with Gasteiger partial charge in [0.05, 0.1) is 12.6 Å². The molecule has 0 aromatic carbocycles. The molecule has 0 aromatic rings. The normalized spacial score (nSPS) is 12.2. The Hall–Kier alpha value is -0.900. The van der Waals surface area contributed by atoms with Crippen molar-refractivity contribution >= 4 is 12.2 Å². The molecule has 58 valence electrons. The van der Waals surface area contributed by atoms with Crippen LogP contribution in [-0.4, -0.2) is 31.8 Å². The molecule has 0 aliphatic carbocycles.